The topological polar surface area (TPSA) is 76.7 Å². The van der Waals surface area contributed by atoms with E-state index in [-0.39, 0.29) is 5.91 Å². The van der Waals surface area contributed by atoms with Gasteiger partial charge in [0, 0.05) is 11.1 Å². The van der Waals surface area contributed by atoms with Gasteiger partial charge in [-0.2, -0.15) is 0 Å². The Kier molecular flexibility index (Phi) is 7.23. The van der Waals surface area contributed by atoms with Crippen molar-refractivity contribution >= 4 is 11.8 Å². The van der Waals surface area contributed by atoms with E-state index in [4.69, 9.17) is 9.47 Å². The van der Waals surface area contributed by atoms with E-state index in [9.17, 15) is 9.59 Å². The van der Waals surface area contributed by atoms with E-state index < -0.39 is 5.91 Å². The Labute approximate surface area is 159 Å². The van der Waals surface area contributed by atoms with E-state index in [0.29, 0.717) is 41.8 Å². The molecule has 0 atom stereocenters. The maximum Gasteiger partial charge on any atom is 0.269 e. The average Bonchev–Trinajstić information content (AvgIpc) is 2.65. The van der Waals surface area contributed by atoms with Crippen LogP contribution in [0.5, 0.6) is 11.5 Å². The summed E-state index contributed by atoms with van der Waals surface area (Å²) in [7, 11) is 0. The van der Waals surface area contributed by atoms with Crippen molar-refractivity contribution < 1.29 is 19.1 Å². The van der Waals surface area contributed by atoms with Gasteiger partial charge >= 0.3 is 0 Å². The van der Waals surface area contributed by atoms with Gasteiger partial charge in [-0.25, -0.2) is 0 Å². The number of carbonyl (C=O) groups excluding carboxylic acids is 2. The monoisotopic (exact) mass is 370 g/mol. The van der Waals surface area contributed by atoms with Crippen molar-refractivity contribution in [3.63, 3.8) is 0 Å². The molecule has 144 valence electrons. The van der Waals surface area contributed by atoms with Crippen molar-refractivity contribution in [2.45, 2.75) is 27.7 Å². The molecule has 6 heteroatoms. The molecule has 0 aliphatic rings. The highest BCUT2D eigenvalue weighted by Crippen LogP contribution is 2.29. The summed E-state index contributed by atoms with van der Waals surface area (Å²) < 4.78 is 11.3. The summed E-state index contributed by atoms with van der Waals surface area (Å²) in [6, 6.07) is 12.0. The lowest BCUT2D eigenvalue weighted by atomic mass is 10.1. The van der Waals surface area contributed by atoms with Crippen molar-refractivity contribution in [3.8, 4) is 11.5 Å². The van der Waals surface area contributed by atoms with Crippen LogP contribution < -0.4 is 20.3 Å². The number of nitrogens with one attached hydrogen (secondary N) is 2. The summed E-state index contributed by atoms with van der Waals surface area (Å²) in [6.07, 6.45) is 0. The van der Waals surface area contributed by atoms with Crippen LogP contribution in [0.25, 0.3) is 0 Å². The van der Waals surface area contributed by atoms with E-state index in [1.54, 1.807) is 30.3 Å². The summed E-state index contributed by atoms with van der Waals surface area (Å²) in [5.41, 5.74) is 6.71. The van der Waals surface area contributed by atoms with Gasteiger partial charge in [0.2, 0.25) is 0 Å². The predicted octanol–water partition coefficient (Wildman–Crippen LogP) is 3.50. The molecule has 2 N–H and O–H groups in total. The van der Waals surface area contributed by atoms with E-state index >= 15 is 0 Å². The van der Waals surface area contributed by atoms with Crippen LogP contribution in [0.15, 0.2) is 42.5 Å². The zero-order valence-electron chi connectivity index (χ0n) is 16.2. The second-order valence-electron chi connectivity index (χ2n) is 6.57. The molecule has 2 aromatic rings. The van der Waals surface area contributed by atoms with Gasteiger partial charge in [0.15, 0.2) is 11.5 Å². The van der Waals surface area contributed by atoms with Crippen molar-refractivity contribution in [1.29, 1.82) is 0 Å². The van der Waals surface area contributed by atoms with E-state index in [0.717, 1.165) is 5.56 Å². The largest absolute Gasteiger partial charge is 0.490 e. The predicted molar refractivity (Wildman–Crippen MR) is 104 cm³/mol. The fraction of sp³-hybridized carbons (Fsp3) is 0.333. The molecule has 2 amide bonds. The standard InChI is InChI=1S/C21H26N2O4/c1-5-26-19-12-17(10-11-18(19)27-13-14(2)3)21(25)23-22-20(24)16-8-6-15(4)7-9-16/h6-12,14H,5,13H2,1-4H3,(H,22,24)(H,23,25). The number of hydrogen-bond acceptors (Lipinski definition) is 4. The van der Waals surface area contributed by atoms with Gasteiger partial charge in [-0.05, 0) is 50.1 Å². The molecule has 27 heavy (non-hydrogen) atoms. The highest BCUT2D eigenvalue weighted by molar-refractivity contribution is 5.99. The number of amides is 2. The van der Waals surface area contributed by atoms with E-state index in [2.05, 4.69) is 24.7 Å². The third kappa shape index (κ3) is 6.02. The molecule has 0 unspecified atom stereocenters. The molecule has 0 fully saturated rings. The van der Waals surface area contributed by atoms with Gasteiger partial charge in [0.25, 0.3) is 11.8 Å². The van der Waals surface area contributed by atoms with Crippen LogP contribution >= 0.6 is 0 Å². The lowest BCUT2D eigenvalue weighted by molar-refractivity contribution is 0.0846. The molecule has 2 aromatic carbocycles. The smallest absolute Gasteiger partial charge is 0.269 e. The molecule has 6 nitrogen and oxygen atoms in total. The Morgan fingerprint density at radius 3 is 2.07 bits per heavy atom. The number of carbonyl (C=O) groups is 2. The molecular formula is C21H26N2O4. The lowest BCUT2D eigenvalue weighted by Gasteiger charge is -2.15. The fourth-order valence-corrected chi connectivity index (χ4v) is 2.26. The Morgan fingerprint density at radius 2 is 1.48 bits per heavy atom. The summed E-state index contributed by atoms with van der Waals surface area (Å²) >= 11 is 0. The van der Waals surface area contributed by atoms with Crippen molar-refractivity contribution in [1.82, 2.24) is 10.9 Å². The van der Waals surface area contributed by atoms with Crippen LogP contribution in [0.3, 0.4) is 0 Å². The minimum Gasteiger partial charge on any atom is -0.490 e. The molecule has 0 heterocycles. The van der Waals surface area contributed by atoms with Gasteiger partial charge in [-0.3, -0.25) is 20.4 Å². The van der Waals surface area contributed by atoms with Crippen molar-refractivity contribution in [3.05, 3.63) is 59.2 Å². The van der Waals surface area contributed by atoms with Crippen LogP contribution in [0.1, 0.15) is 47.1 Å². The highest BCUT2D eigenvalue weighted by atomic mass is 16.5. The minimum atomic E-state index is -0.438. The van der Waals surface area contributed by atoms with E-state index in [1.165, 1.54) is 0 Å². The number of ether oxygens (including phenoxy) is 2. The van der Waals surface area contributed by atoms with Gasteiger partial charge in [-0.1, -0.05) is 31.5 Å². The summed E-state index contributed by atoms with van der Waals surface area (Å²) in [6.45, 7) is 8.91. The molecule has 0 saturated carbocycles. The summed E-state index contributed by atoms with van der Waals surface area (Å²) in [5, 5.41) is 0. The van der Waals surface area contributed by atoms with Gasteiger partial charge in [-0.15, -0.1) is 0 Å². The fourth-order valence-electron chi connectivity index (χ4n) is 2.26. The van der Waals surface area contributed by atoms with Crippen LogP contribution in [0, 0.1) is 12.8 Å². The second-order valence-corrected chi connectivity index (χ2v) is 6.57. The van der Waals surface area contributed by atoms with Gasteiger partial charge in [0.05, 0.1) is 13.2 Å². The first-order valence-corrected chi connectivity index (χ1v) is 8.97. The van der Waals surface area contributed by atoms with Crippen molar-refractivity contribution in [2.75, 3.05) is 13.2 Å². The molecule has 0 spiro atoms. The van der Waals surface area contributed by atoms with Crippen LogP contribution in [-0.2, 0) is 0 Å². The van der Waals surface area contributed by atoms with Crippen molar-refractivity contribution in [2.24, 2.45) is 5.92 Å². The normalized spacial score (nSPS) is 10.4. The minimum absolute atomic E-state index is 0.361. The maximum atomic E-state index is 12.3. The van der Waals surface area contributed by atoms with Gasteiger partial charge < -0.3 is 9.47 Å². The van der Waals surface area contributed by atoms with Gasteiger partial charge in [0.1, 0.15) is 0 Å². The first kappa shape index (κ1) is 20.3. The van der Waals surface area contributed by atoms with Crippen LogP contribution in [0.4, 0.5) is 0 Å². The molecule has 0 aliphatic carbocycles. The quantitative estimate of drug-likeness (QED) is 0.732. The Bertz CT molecular complexity index is 785. The molecular weight excluding hydrogens is 344 g/mol. The SMILES string of the molecule is CCOc1cc(C(=O)NNC(=O)c2ccc(C)cc2)ccc1OCC(C)C. The first-order valence-electron chi connectivity index (χ1n) is 8.97. The Hall–Kier alpha value is -3.02. The van der Waals surface area contributed by atoms with Crippen LogP contribution in [0.2, 0.25) is 0 Å². The molecule has 2 rings (SSSR count). The summed E-state index contributed by atoms with van der Waals surface area (Å²) in [5.74, 6) is 0.637. The third-order valence-corrected chi connectivity index (χ3v) is 3.68. The first-order chi connectivity index (χ1) is 12.9. The van der Waals surface area contributed by atoms with E-state index in [1.807, 2.05) is 26.0 Å². The van der Waals surface area contributed by atoms with Crippen LogP contribution in [-0.4, -0.2) is 25.0 Å². The zero-order valence-corrected chi connectivity index (χ0v) is 16.2. The third-order valence-electron chi connectivity index (χ3n) is 3.68. The number of aryl methyl sites for hydroxylation is 1. The second kappa shape index (κ2) is 9.62. The summed E-state index contributed by atoms with van der Waals surface area (Å²) in [4.78, 5) is 24.4. The molecule has 0 saturated heterocycles. The number of rotatable bonds is 7. The molecule has 0 bridgehead atoms. The molecule has 0 aliphatic heterocycles. The molecule has 0 radical (unpaired) electrons. The molecule has 0 aromatic heterocycles. The maximum absolute atomic E-state index is 12.3. The number of hydrogen-bond donors (Lipinski definition) is 2. The average molecular weight is 370 g/mol. The number of benzene rings is 2. The lowest BCUT2D eigenvalue weighted by Crippen LogP contribution is -2.41. The Morgan fingerprint density at radius 1 is 0.889 bits per heavy atom. The Balaban J connectivity index is 2.03. The number of hydrazine groups is 1. The highest BCUT2D eigenvalue weighted by Gasteiger charge is 2.13. The zero-order chi connectivity index (χ0) is 19.8.